The molecule has 1 unspecified atom stereocenters. The summed E-state index contributed by atoms with van der Waals surface area (Å²) in [6.45, 7) is 2.69. The third-order valence-corrected chi connectivity index (χ3v) is 4.60. The second-order valence-corrected chi connectivity index (χ2v) is 6.43. The first-order chi connectivity index (χ1) is 11.1. The maximum Gasteiger partial charge on any atom is 0.303 e. The van der Waals surface area contributed by atoms with E-state index in [9.17, 15) is 9.59 Å². The van der Waals surface area contributed by atoms with E-state index in [4.69, 9.17) is 5.11 Å². The number of amides is 1. The van der Waals surface area contributed by atoms with Crippen LogP contribution in [0.15, 0.2) is 12.4 Å². The predicted octanol–water partition coefficient (Wildman–Crippen LogP) is 2.84. The molecule has 23 heavy (non-hydrogen) atoms. The van der Waals surface area contributed by atoms with E-state index in [1.165, 1.54) is 32.1 Å². The Bertz CT molecular complexity index is 521. The van der Waals surface area contributed by atoms with E-state index in [1.54, 1.807) is 17.1 Å². The van der Waals surface area contributed by atoms with Gasteiger partial charge in [0.2, 0.25) is 0 Å². The van der Waals surface area contributed by atoms with Gasteiger partial charge in [-0.3, -0.25) is 14.3 Å². The van der Waals surface area contributed by atoms with Crippen LogP contribution in [0, 0.1) is 5.92 Å². The Morgan fingerprint density at radius 1 is 1.39 bits per heavy atom. The molecule has 128 valence electrons. The smallest absolute Gasteiger partial charge is 0.303 e. The van der Waals surface area contributed by atoms with Crippen molar-refractivity contribution < 1.29 is 14.7 Å². The number of nitrogens with one attached hydrogen (secondary N) is 1. The van der Waals surface area contributed by atoms with Gasteiger partial charge in [-0.15, -0.1) is 0 Å². The summed E-state index contributed by atoms with van der Waals surface area (Å²) in [5.74, 6) is -0.371. The lowest BCUT2D eigenvalue weighted by Crippen LogP contribution is -2.37. The molecule has 0 bridgehead atoms. The van der Waals surface area contributed by atoms with Gasteiger partial charge in [0.25, 0.3) is 5.91 Å². The molecule has 6 nitrogen and oxygen atoms in total. The van der Waals surface area contributed by atoms with E-state index in [-0.39, 0.29) is 18.4 Å². The highest BCUT2D eigenvalue weighted by Gasteiger charge is 2.22. The molecule has 1 aliphatic rings. The number of carbonyl (C=O) groups excluding carboxylic acids is 1. The molecule has 1 amide bonds. The van der Waals surface area contributed by atoms with Crippen LogP contribution in [0.2, 0.25) is 0 Å². The van der Waals surface area contributed by atoms with Gasteiger partial charge >= 0.3 is 5.97 Å². The van der Waals surface area contributed by atoms with Crippen molar-refractivity contribution in [3.05, 3.63) is 18.0 Å². The SMILES string of the molecule is CCn1cc(C(=O)NC(CCC(=O)O)CC2CCCCC2)cn1. The van der Waals surface area contributed by atoms with Crippen LogP contribution in [-0.4, -0.2) is 32.8 Å². The third-order valence-electron chi connectivity index (χ3n) is 4.60. The molecule has 0 saturated heterocycles. The number of rotatable bonds is 8. The minimum Gasteiger partial charge on any atom is -0.481 e. The summed E-state index contributed by atoms with van der Waals surface area (Å²) >= 11 is 0. The van der Waals surface area contributed by atoms with Crippen molar-refractivity contribution in [2.24, 2.45) is 5.92 Å². The molecule has 6 heteroatoms. The van der Waals surface area contributed by atoms with E-state index >= 15 is 0 Å². The van der Waals surface area contributed by atoms with Crippen molar-refractivity contribution in [2.75, 3.05) is 0 Å². The van der Waals surface area contributed by atoms with Gasteiger partial charge in [0.1, 0.15) is 0 Å². The van der Waals surface area contributed by atoms with Crippen LogP contribution in [0.3, 0.4) is 0 Å². The average Bonchev–Trinajstić information content (AvgIpc) is 3.02. The first-order valence-electron chi connectivity index (χ1n) is 8.63. The van der Waals surface area contributed by atoms with Crippen molar-refractivity contribution in [1.82, 2.24) is 15.1 Å². The van der Waals surface area contributed by atoms with Gasteiger partial charge in [-0.05, 0) is 25.7 Å². The Morgan fingerprint density at radius 3 is 2.74 bits per heavy atom. The fourth-order valence-electron chi connectivity index (χ4n) is 3.29. The highest BCUT2D eigenvalue weighted by atomic mass is 16.4. The van der Waals surface area contributed by atoms with Crippen LogP contribution < -0.4 is 5.32 Å². The van der Waals surface area contributed by atoms with Crippen molar-refractivity contribution >= 4 is 11.9 Å². The Balaban J connectivity index is 1.94. The Kier molecular flexibility index (Phi) is 6.62. The van der Waals surface area contributed by atoms with E-state index in [0.29, 0.717) is 17.9 Å². The second-order valence-electron chi connectivity index (χ2n) is 6.43. The Morgan fingerprint density at radius 2 is 2.13 bits per heavy atom. The highest BCUT2D eigenvalue weighted by Crippen LogP contribution is 2.28. The molecule has 1 aromatic heterocycles. The van der Waals surface area contributed by atoms with Gasteiger partial charge in [0.05, 0.1) is 11.8 Å². The zero-order valence-corrected chi connectivity index (χ0v) is 13.8. The second kappa shape index (κ2) is 8.70. The molecule has 1 atom stereocenters. The zero-order chi connectivity index (χ0) is 16.7. The standard InChI is InChI=1S/C17H27N3O3/c1-2-20-12-14(11-18-20)17(23)19-15(8-9-16(21)22)10-13-6-4-3-5-7-13/h11-13,15H,2-10H2,1H3,(H,19,23)(H,21,22). The van der Waals surface area contributed by atoms with Gasteiger partial charge in [0, 0.05) is 25.2 Å². The molecule has 0 radical (unpaired) electrons. The number of nitrogens with zero attached hydrogens (tertiary/aromatic N) is 2. The van der Waals surface area contributed by atoms with Crippen molar-refractivity contribution in [3.63, 3.8) is 0 Å². The molecule has 1 aliphatic carbocycles. The number of aliphatic carboxylic acids is 1. The number of carboxylic acid groups (broad SMARTS) is 1. The number of hydrogen-bond donors (Lipinski definition) is 2. The van der Waals surface area contributed by atoms with Crippen LogP contribution in [0.5, 0.6) is 0 Å². The summed E-state index contributed by atoms with van der Waals surface area (Å²) in [4.78, 5) is 23.2. The monoisotopic (exact) mass is 321 g/mol. The van der Waals surface area contributed by atoms with Crippen LogP contribution in [-0.2, 0) is 11.3 Å². The Hall–Kier alpha value is -1.85. The molecule has 0 aromatic carbocycles. The maximum atomic E-state index is 12.4. The molecule has 2 N–H and O–H groups in total. The quantitative estimate of drug-likeness (QED) is 0.771. The normalized spacial score (nSPS) is 16.9. The lowest BCUT2D eigenvalue weighted by molar-refractivity contribution is -0.137. The van der Waals surface area contributed by atoms with Gasteiger partial charge in [0.15, 0.2) is 0 Å². The van der Waals surface area contributed by atoms with Crippen LogP contribution >= 0.6 is 0 Å². The number of aromatic nitrogens is 2. The van der Waals surface area contributed by atoms with Crippen molar-refractivity contribution in [1.29, 1.82) is 0 Å². The summed E-state index contributed by atoms with van der Waals surface area (Å²) in [7, 11) is 0. The first kappa shape index (κ1) is 17.5. The first-order valence-corrected chi connectivity index (χ1v) is 8.63. The summed E-state index contributed by atoms with van der Waals surface area (Å²) < 4.78 is 1.71. The summed E-state index contributed by atoms with van der Waals surface area (Å²) in [6.07, 6.45) is 10.9. The van der Waals surface area contributed by atoms with E-state index in [2.05, 4.69) is 10.4 Å². The predicted molar refractivity (Wildman–Crippen MR) is 87.2 cm³/mol. The minimum absolute atomic E-state index is 0.0772. The van der Waals surface area contributed by atoms with Crippen molar-refractivity contribution in [3.8, 4) is 0 Å². The van der Waals surface area contributed by atoms with E-state index in [0.717, 1.165) is 13.0 Å². The molecule has 1 aromatic rings. The average molecular weight is 321 g/mol. The van der Waals surface area contributed by atoms with Gasteiger partial charge < -0.3 is 10.4 Å². The zero-order valence-electron chi connectivity index (χ0n) is 13.8. The number of carboxylic acids is 1. The topological polar surface area (TPSA) is 84.2 Å². The Labute approximate surface area is 137 Å². The number of carbonyl (C=O) groups is 2. The molecule has 2 rings (SSSR count). The fraction of sp³-hybridized carbons (Fsp3) is 0.706. The third kappa shape index (κ3) is 5.69. The largest absolute Gasteiger partial charge is 0.481 e. The van der Waals surface area contributed by atoms with Crippen LogP contribution in [0.4, 0.5) is 0 Å². The lowest BCUT2D eigenvalue weighted by atomic mass is 9.84. The minimum atomic E-state index is -0.813. The summed E-state index contributed by atoms with van der Waals surface area (Å²) in [5, 5.41) is 16.1. The molecule has 1 fully saturated rings. The van der Waals surface area contributed by atoms with Gasteiger partial charge in [-0.2, -0.15) is 5.10 Å². The maximum absolute atomic E-state index is 12.4. The van der Waals surface area contributed by atoms with Gasteiger partial charge in [-0.25, -0.2) is 0 Å². The summed E-state index contributed by atoms with van der Waals surface area (Å²) in [5.41, 5.74) is 0.538. The summed E-state index contributed by atoms with van der Waals surface area (Å²) in [6, 6.07) is -0.0772. The number of aryl methyl sites for hydroxylation is 1. The van der Waals surface area contributed by atoms with Gasteiger partial charge in [-0.1, -0.05) is 32.1 Å². The molecule has 1 saturated carbocycles. The highest BCUT2D eigenvalue weighted by molar-refractivity contribution is 5.93. The number of hydrogen-bond acceptors (Lipinski definition) is 3. The fourth-order valence-corrected chi connectivity index (χ4v) is 3.29. The molecular formula is C17H27N3O3. The van der Waals surface area contributed by atoms with Crippen LogP contribution in [0.1, 0.15) is 68.6 Å². The van der Waals surface area contributed by atoms with E-state index in [1.807, 2.05) is 6.92 Å². The molecule has 1 heterocycles. The molecule has 0 aliphatic heterocycles. The van der Waals surface area contributed by atoms with E-state index < -0.39 is 5.97 Å². The van der Waals surface area contributed by atoms with Crippen molar-refractivity contribution in [2.45, 2.75) is 70.9 Å². The van der Waals surface area contributed by atoms with Crippen LogP contribution in [0.25, 0.3) is 0 Å². The molecular weight excluding hydrogens is 294 g/mol. The lowest BCUT2D eigenvalue weighted by Gasteiger charge is -2.27. The molecule has 0 spiro atoms.